The number of aromatic nitrogens is 1. The van der Waals surface area contributed by atoms with E-state index in [2.05, 4.69) is 155 Å². The lowest BCUT2D eigenvalue weighted by molar-refractivity contribution is 0.0839. The Morgan fingerprint density at radius 1 is 0.412 bits per heavy atom. The highest BCUT2D eigenvalue weighted by Crippen LogP contribution is 2.76. The molecule has 8 aliphatic rings. The molecule has 314 valence electrons. The summed E-state index contributed by atoms with van der Waals surface area (Å²) in [6.07, 6.45) is 0. The van der Waals surface area contributed by atoms with Crippen LogP contribution in [0.25, 0.3) is 38.1 Å². The fraction of sp³-hybridized carbons (Fsp3) is 0.0968. The van der Waals surface area contributed by atoms with Crippen LogP contribution in [-0.2, 0) is 10.8 Å². The summed E-state index contributed by atoms with van der Waals surface area (Å²) in [5.41, 5.74) is 18.4. The second-order valence-electron chi connectivity index (χ2n) is 20.4. The van der Waals surface area contributed by atoms with Crippen LogP contribution in [0.1, 0.15) is 100 Å². The van der Waals surface area contributed by atoms with Gasteiger partial charge in [-0.2, -0.15) is 0 Å². The number of fused-ring (bicyclic) bond motifs is 24. The van der Waals surface area contributed by atoms with Crippen LogP contribution in [0.3, 0.4) is 0 Å². The number of carbonyl (C=O) groups is 2. The zero-order valence-electron chi connectivity index (χ0n) is 36.0. The molecule has 11 aromatic rings. The minimum atomic E-state index is -0.399. The predicted molar refractivity (Wildman–Crippen MR) is 261 cm³/mol. The van der Waals surface area contributed by atoms with Gasteiger partial charge in [0.15, 0.2) is 34.6 Å². The van der Waals surface area contributed by atoms with E-state index in [0.29, 0.717) is 0 Å². The number of Topliss-reactive ketones (excluding diaryl/α,β-unsaturated/α-hetero) is 2. The maximum Gasteiger partial charge on any atom is 0.171 e. The molecule has 6 atom stereocenters. The third-order valence-electron chi connectivity index (χ3n) is 18.2. The molecule has 0 radical (unpaired) electrons. The molecule has 68 heavy (non-hydrogen) atoms. The minimum absolute atomic E-state index is 0.0201. The van der Waals surface area contributed by atoms with Gasteiger partial charge >= 0.3 is 0 Å². The molecule has 6 heteroatoms. The number of hydrogen-bond donors (Lipinski definition) is 0. The van der Waals surface area contributed by atoms with Crippen LogP contribution < -0.4 is 14.4 Å². The van der Waals surface area contributed by atoms with Crippen molar-refractivity contribution < 1.29 is 19.1 Å². The number of carbonyl (C=O) groups excluding carboxylic acids is 2. The monoisotopic (exact) mass is 868 g/mol. The van der Waals surface area contributed by atoms with E-state index >= 15 is 9.59 Å². The maximum absolute atomic E-state index is 15.5. The summed E-state index contributed by atoms with van der Waals surface area (Å²) in [6.45, 7) is 0. The third kappa shape index (κ3) is 3.15. The summed E-state index contributed by atoms with van der Waals surface area (Å²) in [5.74, 6) is 2.82. The molecule has 0 saturated heterocycles. The van der Waals surface area contributed by atoms with Crippen molar-refractivity contribution in [3.63, 3.8) is 0 Å². The molecule has 2 aliphatic heterocycles. The highest BCUT2D eigenvalue weighted by molar-refractivity contribution is 6.32. The first kappa shape index (κ1) is 33.9. The van der Waals surface area contributed by atoms with Crippen molar-refractivity contribution in [3.05, 3.63) is 237 Å². The van der Waals surface area contributed by atoms with Crippen molar-refractivity contribution in [1.82, 2.24) is 4.40 Å². The second kappa shape index (κ2) is 10.5. The van der Waals surface area contributed by atoms with Gasteiger partial charge in [-0.1, -0.05) is 121 Å². The summed E-state index contributed by atoms with van der Waals surface area (Å²) in [5, 5.41) is 3.98. The number of ether oxygens (including phenoxy) is 2. The van der Waals surface area contributed by atoms with Crippen molar-refractivity contribution in [2.45, 2.75) is 34.5 Å². The molecule has 0 N–H and O–H groups in total. The van der Waals surface area contributed by atoms with Crippen molar-refractivity contribution in [3.8, 4) is 23.0 Å². The van der Waals surface area contributed by atoms with Gasteiger partial charge < -0.3 is 13.9 Å². The molecule has 0 amide bonds. The van der Waals surface area contributed by atoms with E-state index in [1.807, 2.05) is 24.3 Å². The first-order chi connectivity index (χ1) is 33.6. The summed E-state index contributed by atoms with van der Waals surface area (Å²) in [7, 11) is 0. The van der Waals surface area contributed by atoms with E-state index in [9.17, 15) is 0 Å². The van der Waals surface area contributed by atoms with Gasteiger partial charge in [0.05, 0.1) is 50.5 Å². The fourth-order valence-corrected chi connectivity index (χ4v) is 16.0. The van der Waals surface area contributed by atoms with Crippen LogP contribution in [-0.4, -0.2) is 16.0 Å². The molecular formula is C62H32N2O4. The molecule has 0 fully saturated rings. The van der Waals surface area contributed by atoms with Gasteiger partial charge in [0.1, 0.15) is 5.69 Å². The maximum atomic E-state index is 15.5. The van der Waals surface area contributed by atoms with E-state index in [1.54, 1.807) is 0 Å². The summed E-state index contributed by atoms with van der Waals surface area (Å²) >= 11 is 0. The number of nitrogens with zero attached hydrogens (tertiary/aromatic N) is 2. The lowest BCUT2D eigenvalue weighted by Gasteiger charge is -2.64. The lowest BCUT2D eigenvalue weighted by Crippen LogP contribution is -2.61. The number of para-hydroxylation sites is 4. The topological polar surface area (TPSA) is 60.2 Å². The van der Waals surface area contributed by atoms with E-state index in [1.165, 1.54) is 33.4 Å². The summed E-state index contributed by atoms with van der Waals surface area (Å²) < 4.78 is 16.8. The van der Waals surface area contributed by atoms with Gasteiger partial charge in [-0.05, 0) is 104 Å². The number of benzene rings is 9. The Morgan fingerprint density at radius 2 is 0.794 bits per heavy atom. The quantitative estimate of drug-likeness (QED) is 0.152. The molecular weight excluding hydrogens is 837 g/mol. The van der Waals surface area contributed by atoms with Gasteiger partial charge in [0, 0.05) is 44.6 Å². The van der Waals surface area contributed by atoms with Crippen LogP contribution in [0, 0.1) is 0 Å². The van der Waals surface area contributed by atoms with E-state index in [0.717, 1.165) is 112 Å². The summed E-state index contributed by atoms with van der Waals surface area (Å²) in [6, 6.07) is 60.2. The molecule has 6 unspecified atom stereocenters. The molecule has 9 aromatic carbocycles. The number of rotatable bonds is 0. The molecule has 6 aliphatic carbocycles. The van der Waals surface area contributed by atoms with Crippen LogP contribution in [0.4, 0.5) is 17.1 Å². The normalized spacial score (nSPS) is 24.6. The van der Waals surface area contributed by atoms with Crippen molar-refractivity contribution in [1.29, 1.82) is 0 Å². The molecule has 4 heterocycles. The Morgan fingerprint density at radius 3 is 1.24 bits per heavy atom. The second-order valence-corrected chi connectivity index (χ2v) is 20.4. The molecule has 2 spiro atoms. The first-order valence-electron chi connectivity index (χ1n) is 23.8. The van der Waals surface area contributed by atoms with Gasteiger partial charge in [-0.15, -0.1) is 0 Å². The average molecular weight is 869 g/mol. The van der Waals surface area contributed by atoms with Gasteiger partial charge in [0.2, 0.25) is 0 Å². The van der Waals surface area contributed by atoms with E-state index in [4.69, 9.17) is 9.47 Å². The zero-order chi connectivity index (χ0) is 43.8. The van der Waals surface area contributed by atoms with Crippen molar-refractivity contribution in [2.24, 2.45) is 0 Å². The Labute approximate surface area is 387 Å². The van der Waals surface area contributed by atoms with Crippen molar-refractivity contribution >= 4 is 66.7 Å². The standard InChI is InChI=1S/C62H32N2O4/c65-57-35-27-45-37(25-33(35)51-29-13-1-5-17-39(29)61(51)41-19-7-3-15-31(41)53(57)61)49-55-50(60-56-59(49)67-47-23-11-9-21-43(47)63(56)44-22-10-12-24-48(44)68-60)38-26-34-36(28-46(38)64(45)55)58(66)54-32-16-4-8-20-42(32)62(54)40-18-6-2-14-30(40)52(34)62/h1-28,51-54H. The Hall–Kier alpha value is -8.48. The summed E-state index contributed by atoms with van der Waals surface area (Å²) in [4.78, 5) is 33.3. The van der Waals surface area contributed by atoms with Crippen LogP contribution >= 0.6 is 0 Å². The van der Waals surface area contributed by atoms with Crippen LogP contribution in [0.5, 0.6) is 23.0 Å². The fourth-order valence-electron chi connectivity index (χ4n) is 16.0. The Bertz CT molecular complexity index is 4120. The molecule has 0 saturated carbocycles. The SMILES string of the molecule is O=C1c2cc3c(cc2C2c4ccccc4C24c2ccccc2C14)c1c2c4c(c5c6cc7c(cc6n3c15)C(=O)C1c3ccccc3C13c1ccccc1C73)Oc1ccccc1N4c1ccccc1O2. The van der Waals surface area contributed by atoms with Crippen molar-refractivity contribution in [2.75, 3.05) is 4.90 Å². The minimum Gasteiger partial charge on any atom is -0.452 e. The number of anilines is 3. The predicted octanol–water partition coefficient (Wildman–Crippen LogP) is 14.0. The molecule has 0 bridgehead atoms. The smallest absolute Gasteiger partial charge is 0.171 e. The average Bonchev–Trinajstić information content (AvgIpc) is 3.86. The van der Waals surface area contributed by atoms with Gasteiger partial charge in [0.25, 0.3) is 0 Å². The number of hydrogen-bond acceptors (Lipinski definition) is 5. The highest BCUT2D eigenvalue weighted by atomic mass is 16.5. The molecule has 19 rings (SSSR count). The van der Waals surface area contributed by atoms with Crippen LogP contribution in [0.2, 0.25) is 0 Å². The molecule has 2 aromatic heterocycles. The zero-order valence-corrected chi connectivity index (χ0v) is 36.0. The highest BCUT2D eigenvalue weighted by Gasteiger charge is 2.71. The first-order valence-corrected chi connectivity index (χ1v) is 23.8. The van der Waals surface area contributed by atoms with Gasteiger partial charge in [-0.3, -0.25) is 14.5 Å². The lowest BCUT2D eigenvalue weighted by atomic mass is 9.36. The molecule has 6 nitrogen and oxygen atoms in total. The Kier molecular flexibility index (Phi) is 5.26. The van der Waals surface area contributed by atoms with Crippen LogP contribution in [0.15, 0.2) is 170 Å². The van der Waals surface area contributed by atoms with E-state index in [-0.39, 0.29) is 35.2 Å². The number of ketones is 2. The van der Waals surface area contributed by atoms with E-state index < -0.39 is 10.8 Å². The van der Waals surface area contributed by atoms with Gasteiger partial charge in [-0.25, -0.2) is 0 Å². The third-order valence-corrected chi connectivity index (χ3v) is 18.2. The Balaban J connectivity index is 0.977. The largest absolute Gasteiger partial charge is 0.452 e.